The third kappa shape index (κ3) is 4.38. The zero-order valence-corrected chi connectivity index (χ0v) is 19.3. The fourth-order valence-corrected chi connectivity index (χ4v) is 5.67. The number of sulfonamides is 1. The maximum absolute atomic E-state index is 13.0. The number of hydrogen-bond donors (Lipinski definition) is 0. The summed E-state index contributed by atoms with van der Waals surface area (Å²) >= 11 is 0. The first-order valence-electron chi connectivity index (χ1n) is 11.0. The Morgan fingerprint density at radius 1 is 1.16 bits per heavy atom. The summed E-state index contributed by atoms with van der Waals surface area (Å²) < 4.78 is 31.1. The third-order valence-corrected chi connectivity index (χ3v) is 7.91. The lowest BCUT2D eigenvalue weighted by Crippen LogP contribution is -2.40. The van der Waals surface area contributed by atoms with Crippen LogP contribution in [0.25, 0.3) is 0 Å². The number of hydrogen-bond acceptors (Lipinski definition) is 6. The van der Waals surface area contributed by atoms with Crippen molar-refractivity contribution in [3.8, 4) is 0 Å². The van der Waals surface area contributed by atoms with Crippen molar-refractivity contribution in [2.45, 2.75) is 70.5 Å². The number of aryl methyl sites for hydroxylation is 1. The Bertz CT molecular complexity index is 1040. The molecule has 0 unspecified atom stereocenters. The normalized spacial score (nSPS) is 18.5. The van der Waals surface area contributed by atoms with Crippen LogP contribution < -0.4 is 0 Å². The topological polar surface area (TPSA) is 106 Å². The first-order chi connectivity index (χ1) is 14.8. The molecule has 0 bridgehead atoms. The molecular weight excluding hydrogens is 418 g/mol. The molecule has 2 aromatic heterocycles. The van der Waals surface area contributed by atoms with Gasteiger partial charge in [-0.2, -0.15) is 9.40 Å². The van der Waals surface area contributed by atoms with Crippen LogP contribution in [0.1, 0.15) is 57.6 Å². The highest BCUT2D eigenvalue weighted by Gasteiger charge is 2.34. The average molecular weight is 450 g/mol. The van der Waals surface area contributed by atoms with Gasteiger partial charge in [0.25, 0.3) is 0 Å². The van der Waals surface area contributed by atoms with Crippen molar-refractivity contribution in [1.82, 2.24) is 33.8 Å². The van der Waals surface area contributed by atoms with Crippen LogP contribution in [0, 0.1) is 5.92 Å². The molecular formula is C20H31N7O3S. The molecule has 31 heavy (non-hydrogen) atoms. The van der Waals surface area contributed by atoms with E-state index in [-0.39, 0.29) is 23.3 Å². The molecule has 0 N–H and O–H groups in total. The van der Waals surface area contributed by atoms with E-state index in [2.05, 4.69) is 33.7 Å². The van der Waals surface area contributed by atoms with E-state index in [1.807, 2.05) is 11.8 Å². The van der Waals surface area contributed by atoms with E-state index in [4.69, 9.17) is 0 Å². The van der Waals surface area contributed by atoms with Gasteiger partial charge in [-0.25, -0.2) is 8.42 Å². The number of piperidine rings is 1. The largest absolute Gasteiger partial charge is 0.343 e. The Kier molecular flexibility index (Phi) is 6.16. The molecule has 4 heterocycles. The second-order valence-electron chi connectivity index (χ2n) is 8.75. The molecule has 0 aliphatic carbocycles. The van der Waals surface area contributed by atoms with Gasteiger partial charge in [-0.05, 0) is 25.7 Å². The van der Waals surface area contributed by atoms with Crippen molar-refractivity contribution in [3.05, 3.63) is 24.0 Å². The lowest BCUT2D eigenvalue weighted by atomic mass is 9.95. The van der Waals surface area contributed by atoms with Gasteiger partial charge in [-0.1, -0.05) is 13.8 Å². The molecule has 1 fully saturated rings. The van der Waals surface area contributed by atoms with Gasteiger partial charge in [0.1, 0.15) is 16.5 Å². The number of carbonyl (C=O) groups is 1. The monoisotopic (exact) mass is 449 g/mol. The maximum Gasteiger partial charge on any atom is 0.246 e. The van der Waals surface area contributed by atoms with E-state index >= 15 is 0 Å². The van der Waals surface area contributed by atoms with Gasteiger partial charge < -0.3 is 9.47 Å². The molecule has 1 saturated heterocycles. The molecule has 11 heteroatoms. The second-order valence-corrected chi connectivity index (χ2v) is 10.7. The molecule has 1 amide bonds. The zero-order valence-electron chi connectivity index (χ0n) is 18.4. The van der Waals surface area contributed by atoms with E-state index in [1.54, 1.807) is 10.9 Å². The maximum atomic E-state index is 13.0. The summed E-state index contributed by atoms with van der Waals surface area (Å²) in [7, 11) is -3.61. The SMILES string of the molecule is CCn1cc(S(=O)(=O)N2CCn3c(nnc3C3CCN(C(=O)CC(C)C)CC3)C2)cn1. The number of likely N-dealkylation sites (tertiary alicyclic amines) is 1. The van der Waals surface area contributed by atoms with Gasteiger partial charge in [0, 0.05) is 51.3 Å². The first-order valence-corrected chi connectivity index (χ1v) is 12.5. The Morgan fingerprint density at radius 3 is 2.55 bits per heavy atom. The highest BCUT2D eigenvalue weighted by molar-refractivity contribution is 7.89. The van der Waals surface area contributed by atoms with E-state index < -0.39 is 10.0 Å². The van der Waals surface area contributed by atoms with Crippen LogP contribution in [-0.4, -0.2) is 67.7 Å². The minimum atomic E-state index is -3.61. The molecule has 0 spiro atoms. The summed E-state index contributed by atoms with van der Waals surface area (Å²) in [6.07, 6.45) is 5.28. The summed E-state index contributed by atoms with van der Waals surface area (Å²) in [6.45, 7) is 9.25. The number of carbonyl (C=O) groups excluding carboxylic acids is 1. The predicted octanol–water partition coefficient (Wildman–Crippen LogP) is 1.45. The summed E-state index contributed by atoms with van der Waals surface area (Å²) in [5, 5.41) is 12.8. The standard InChI is InChI=1S/C20H31N7O3S/c1-4-25-13-17(12-21-25)31(29,30)26-9-10-27-18(14-26)22-23-20(27)16-5-7-24(8-6-16)19(28)11-15(2)3/h12-13,15-16H,4-11,14H2,1-3H3. The molecule has 0 aromatic carbocycles. The highest BCUT2D eigenvalue weighted by atomic mass is 32.2. The van der Waals surface area contributed by atoms with Crippen molar-refractivity contribution in [2.24, 2.45) is 5.92 Å². The summed E-state index contributed by atoms with van der Waals surface area (Å²) in [4.78, 5) is 14.5. The van der Waals surface area contributed by atoms with Crippen LogP contribution in [0.4, 0.5) is 0 Å². The van der Waals surface area contributed by atoms with Crippen LogP contribution in [0.2, 0.25) is 0 Å². The fraction of sp³-hybridized carbons (Fsp3) is 0.700. The van der Waals surface area contributed by atoms with Crippen LogP contribution in [0.3, 0.4) is 0 Å². The first kappa shape index (κ1) is 21.9. The van der Waals surface area contributed by atoms with Gasteiger partial charge in [0.2, 0.25) is 15.9 Å². The minimum Gasteiger partial charge on any atom is -0.343 e. The molecule has 170 valence electrons. The van der Waals surface area contributed by atoms with Crippen LogP contribution in [0.5, 0.6) is 0 Å². The lowest BCUT2D eigenvalue weighted by molar-refractivity contribution is -0.133. The van der Waals surface area contributed by atoms with E-state index in [0.29, 0.717) is 37.8 Å². The fourth-order valence-electron chi connectivity index (χ4n) is 4.33. The van der Waals surface area contributed by atoms with Crippen molar-refractivity contribution >= 4 is 15.9 Å². The van der Waals surface area contributed by atoms with Crippen molar-refractivity contribution in [2.75, 3.05) is 19.6 Å². The van der Waals surface area contributed by atoms with Crippen molar-refractivity contribution in [3.63, 3.8) is 0 Å². The molecule has 2 aliphatic rings. The van der Waals surface area contributed by atoms with E-state index in [1.165, 1.54) is 10.5 Å². The van der Waals surface area contributed by atoms with Crippen LogP contribution >= 0.6 is 0 Å². The van der Waals surface area contributed by atoms with Gasteiger partial charge in [-0.15, -0.1) is 10.2 Å². The third-order valence-electron chi connectivity index (χ3n) is 6.11. The van der Waals surface area contributed by atoms with Crippen LogP contribution in [-0.2, 0) is 34.5 Å². The van der Waals surface area contributed by atoms with E-state index in [0.717, 1.165) is 31.8 Å². The minimum absolute atomic E-state index is 0.207. The van der Waals surface area contributed by atoms with Crippen LogP contribution in [0.15, 0.2) is 17.3 Å². The number of fused-ring (bicyclic) bond motifs is 1. The molecule has 0 saturated carbocycles. The average Bonchev–Trinajstić information content (AvgIpc) is 3.40. The predicted molar refractivity (Wildman–Crippen MR) is 114 cm³/mol. The Hall–Kier alpha value is -2.27. The smallest absolute Gasteiger partial charge is 0.246 e. The second kappa shape index (κ2) is 8.70. The summed E-state index contributed by atoms with van der Waals surface area (Å²) in [5.74, 6) is 2.43. The quantitative estimate of drug-likeness (QED) is 0.661. The molecule has 2 aliphatic heterocycles. The van der Waals surface area contributed by atoms with Gasteiger partial charge in [0.15, 0.2) is 0 Å². The van der Waals surface area contributed by atoms with Gasteiger partial charge in [-0.3, -0.25) is 9.48 Å². The van der Waals surface area contributed by atoms with Gasteiger partial charge >= 0.3 is 0 Å². The zero-order chi connectivity index (χ0) is 22.2. The molecule has 2 aromatic rings. The molecule has 0 radical (unpaired) electrons. The summed E-state index contributed by atoms with van der Waals surface area (Å²) in [5.41, 5.74) is 0. The summed E-state index contributed by atoms with van der Waals surface area (Å²) in [6, 6.07) is 0. The number of aromatic nitrogens is 5. The Labute approximate surface area is 183 Å². The highest BCUT2D eigenvalue weighted by Crippen LogP contribution is 2.30. The Morgan fingerprint density at radius 2 is 1.90 bits per heavy atom. The number of nitrogens with zero attached hydrogens (tertiary/aromatic N) is 7. The van der Waals surface area contributed by atoms with E-state index in [9.17, 15) is 13.2 Å². The molecule has 0 atom stereocenters. The molecule has 10 nitrogen and oxygen atoms in total. The van der Waals surface area contributed by atoms with Crippen molar-refractivity contribution < 1.29 is 13.2 Å². The number of amides is 1. The Balaban J connectivity index is 1.42. The lowest BCUT2D eigenvalue weighted by Gasteiger charge is -2.33. The number of rotatable bonds is 6. The van der Waals surface area contributed by atoms with Gasteiger partial charge in [0.05, 0.1) is 12.7 Å². The van der Waals surface area contributed by atoms with Crippen molar-refractivity contribution in [1.29, 1.82) is 0 Å². The molecule has 4 rings (SSSR count).